The first-order chi connectivity index (χ1) is 12.6. The van der Waals surface area contributed by atoms with E-state index in [1.54, 1.807) is 30.0 Å². The summed E-state index contributed by atoms with van der Waals surface area (Å²) in [5.41, 5.74) is 0.437. The number of carbonyl (C=O) groups excluding carboxylic acids is 1. The number of amides is 1. The standard InChI is InChI=1S/C18H19N5O3/c1-12(23-10-19-15-5-3-2-4-14(15)18(23)25)17(24)22-8-6-13(7-9-22)16-20-11-26-21-16/h2-5,10-13H,6-9H2,1H3/t12-/m1/s1. The van der Waals surface area contributed by atoms with Crippen molar-refractivity contribution in [3.8, 4) is 0 Å². The van der Waals surface area contributed by atoms with Crippen LogP contribution in [-0.4, -0.2) is 43.6 Å². The molecule has 0 radical (unpaired) electrons. The number of rotatable bonds is 3. The Morgan fingerprint density at radius 3 is 2.73 bits per heavy atom. The van der Waals surface area contributed by atoms with E-state index in [1.807, 2.05) is 6.07 Å². The smallest absolute Gasteiger partial charge is 0.261 e. The Kier molecular flexibility index (Phi) is 4.24. The Labute approximate surface area is 149 Å². The zero-order valence-electron chi connectivity index (χ0n) is 14.4. The molecule has 0 unspecified atom stereocenters. The fourth-order valence-electron chi connectivity index (χ4n) is 3.46. The van der Waals surface area contributed by atoms with Crippen LogP contribution in [0.25, 0.3) is 10.9 Å². The van der Waals surface area contributed by atoms with Gasteiger partial charge in [0.15, 0.2) is 5.82 Å². The van der Waals surface area contributed by atoms with E-state index >= 15 is 0 Å². The van der Waals surface area contributed by atoms with Crippen molar-refractivity contribution in [2.75, 3.05) is 13.1 Å². The molecule has 8 nitrogen and oxygen atoms in total. The van der Waals surface area contributed by atoms with Crippen molar-refractivity contribution in [3.05, 3.63) is 53.2 Å². The molecule has 3 heterocycles. The maximum absolute atomic E-state index is 12.9. The van der Waals surface area contributed by atoms with Crippen molar-refractivity contribution >= 4 is 16.8 Å². The molecule has 2 aromatic heterocycles. The molecule has 8 heteroatoms. The van der Waals surface area contributed by atoms with Crippen LogP contribution >= 0.6 is 0 Å². The van der Waals surface area contributed by atoms with Gasteiger partial charge in [0.05, 0.1) is 17.2 Å². The second-order valence-corrected chi connectivity index (χ2v) is 6.54. The first-order valence-electron chi connectivity index (χ1n) is 8.66. The first-order valence-corrected chi connectivity index (χ1v) is 8.66. The number of para-hydroxylation sites is 1. The maximum Gasteiger partial charge on any atom is 0.261 e. The number of fused-ring (bicyclic) bond motifs is 1. The summed E-state index contributed by atoms with van der Waals surface area (Å²) in [4.78, 5) is 35.8. The molecule has 0 N–H and O–H groups in total. The van der Waals surface area contributed by atoms with Gasteiger partial charge in [-0.3, -0.25) is 14.2 Å². The van der Waals surface area contributed by atoms with Gasteiger partial charge in [-0.15, -0.1) is 0 Å². The molecule has 0 bridgehead atoms. The average molecular weight is 353 g/mol. The van der Waals surface area contributed by atoms with Crippen LogP contribution < -0.4 is 5.56 Å². The van der Waals surface area contributed by atoms with Crippen molar-refractivity contribution in [2.45, 2.75) is 31.7 Å². The predicted octanol–water partition coefficient (Wildman–Crippen LogP) is 1.75. The van der Waals surface area contributed by atoms with E-state index in [0.717, 1.165) is 12.8 Å². The summed E-state index contributed by atoms with van der Waals surface area (Å²) in [6.07, 6.45) is 4.35. The highest BCUT2D eigenvalue weighted by Crippen LogP contribution is 2.26. The van der Waals surface area contributed by atoms with Crippen LogP contribution in [0.3, 0.4) is 0 Å². The van der Waals surface area contributed by atoms with E-state index < -0.39 is 6.04 Å². The van der Waals surface area contributed by atoms with Crippen LogP contribution in [0, 0.1) is 0 Å². The Morgan fingerprint density at radius 1 is 1.23 bits per heavy atom. The molecular formula is C18H19N5O3. The molecule has 1 aliphatic rings. The average Bonchev–Trinajstić information content (AvgIpc) is 3.22. The lowest BCUT2D eigenvalue weighted by molar-refractivity contribution is -0.135. The molecule has 1 amide bonds. The molecule has 26 heavy (non-hydrogen) atoms. The van der Waals surface area contributed by atoms with Crippen molar-refractivity contribution < 1.29 is 9.32 Å². The van der Waals surface area contributed by atoms with Gasteiger partial charge in [-0.1, -0.05) is 17.3 Å². The highest BCUT2D eigenvalue weighted by Gasteiger charge is 2.29. The summed E-state index contributed by atoms with van der Waals surface area (Å²) in [6.45, 7) is 2.96. The molecule has 0 aliphatic carbocycles. The molecule has 1 saturated heterocycles. The minimum atomic E-state index is -0.596. The van der Waals surface area contributed by atoms with Crippen molar-refractivity contribution in [3.63, 3.8) is 0 Å². The Bertz CT molecular complexity index is 974. The Morgan fingerprint density at radius 2 is 2.00 bits per heavy atom. The number of piperidine rings is 1. The number of aromatic nitrogens is 4. The number of nitrogens with zero attached hydrogens (tertiary/aromatic N) is 5. The van der Waals surface area contributed by atoms with Gasteiger partial charge in [-0.05, 0) is 31.9 Å². The minimum Gasteiger partial charge on any atom is -0.343 e. The monoisotopic (exact) mass is 353 g/mol. The molecule has 3 aromatic rings. The van der Waals surface area contributed by atoms with Gasteiger partial charge < -0.3 is 9.42 Å². The maximum atomic E-state index is 12.9. The fourth-order valence-corrected chi connectivity index (χ4v) is 3.46. The lowest BCUT2D eigenvalue weighted by atomic mass is 9.96. The number of hydrogen-bond acceptors (Lipinski definition) is 6. The van der Waals surface area contributed by atoms with E-state index in [4.69, 9.17) is 4.52 Å². The molecule has 1 atom stereocenters. The van der Waals surface area contributed by atoms with Crippen LogP contribution in [0.5, 0.6) is 0 Å². The molecular weight excluding hydrogens is 334 g/mol. The highest BCUT2D eigenvalue weighted by molar-refractivity contribution is 5.81. The van der Waals surface area contributed by atoms with E-state index in [-0.39, 0.29) is 17.4 Å². The second-order valence-electron chi connectivity index (χ2n) is 6.54. The van der Waals surface area contributed by atoms with Gasteiger partial charge >= 0.3 is 0 Å². The SMILES string of the molecule is C[C@H](C(=O)N1CCC(c2ncon2)CC1)n1cnc2ccccc2c1=O. The minimum absolute atomic E-state index is 0.0734. The van der Waals surface area contributed by atoms with E-state index in [2.05, 4.69) is 15.1 Å². The van der Waals surface area contributed by atoms with Crippen LogP contribution in [0.2, 0.25) is 0 Å². The number of benzene rings is 1. The van der Waals surface area contributed by atoms with Gasteiger partial charge in [-0.2, -0.15) is 4.98 Å². The van der Waals surface area contributed by atoms with Crippen LogP contribution in [-0.2, 0) is 4.79 Å². The van der Waals surface area contributed by atoms with Gasteiger partial charge in [0, 0.05) is 19.0 Å². The summed E-state index contributed by atoms with van der Waals surface area (Å²) in [5, 5.41) is 4.41. The van der Waals surface area contributed by atoms with Crippen LogP contribution in [0.15, 0.2) is 46.3 Å². The first kappa shape index (κ1) is 16.4. The Hall–Kier alpha value is -3.03. The van der Waals surface area contributed by atoms with Crippen molar-refractivity contribution in [1.29, 1.82) is 0 Å². The molecule has 134 valence electrons. The van der Waals surface area contributed by atoms with E-state index in [9.17, 15) is 9.59 Å². The van der Waals surface area contributed by atoms with Crippen LogP contribution in [0.1, 0.15) is 37.5 Å². The molecule has 1 aromatic carbocycles. The molecule has 0 saturated carbocycles. The fraction of sp³-hybridized carbons (Fsp3) is 0.389. The van der Waals surface area contributed by atoms with Gasteiger partial charge in [0.1, 0.15) is 6.04 Å². The van der Waals surface area contributed by atoms with Crippen molar-refractivity contribution in [2.24, 2.45) is 0 Å². The normalized spacial score (nSPS) is 16.7. The third kappa shape index (κ3) is 2.87. The highest BCUT2D eigenvalue weighted by atomic mass is 16.5. The van der Waals surface area contributed by atoms with Gasteiger partial charge in [0.2, 0.25) is 12.3 Å². The number of likely N-dealkylation sites (tertiary alicyclic amines) is 1. The lowest BCUT2D eigenvalue weighted by Crippen LogP contribution is -2.43. The van der Waals surface area contributed by atoms with Gasteiger partial charge in [0.25, 0.3) is 5.56 Å². The Balaban J connectivity index is 1.50. The molecule has 4 rings (SSSR count). The number of carbonyl (C=O) groups is 1. The summed E-state index contributed by atoms with van der Waals surface area (Å²) in [7, 11) is 0. The summed E-state index contributed by atoms with van der Waals surface area (Å²) in [6, 6.07) is 6.55. The van der Waals surface area contributed by atoms with E-state index in [0.29, 0.717) is 29.8 Å². The summed E-state index contributed by atoms with van der Waals surface area (Å²) >= 11 is 0. The second kappa shape index (κ2) is 6.70. The van der Waals surface area contributed by atoms with E-state index in [1.165, 1.54) is 17.3 Å². The molecule has 1 fully saturated rings. The zero-order valence-corrected chi connectivity index (χ0v) is 14.4. The predicted molar refractivity (Wildman–Crippen MR) is 93.6 cm³/mol. The zero-order chi connectivity index (χ0) is 18.1. The lowest BCUT2D eigenvalue weighted by Gasteiger charge is -2.32. The summed E-state index contributed by atoms with van der Waals surface area (Å²) < 4.78 is 6.21. The third-order valence-corrected chi connectivity index (χ3v) is 5.01. The topological polar surface area (TPSA) is 94.1 Å². The summed E-state index contributed by atoms with van der Waals surface area (Å²) in [5.74, 6) is 0.828. The third-order valence-electron chi connectivity index (χ3n) is 5.01. The van der Waals surface area contributed by atoms with Crippen LogP contribution in [0.4, 0.5) is 0 Å². The molecule has 0 spiro atoms. The van der Waals surface area contributed by atoms with Crippen molar-refractivity contribution in [1.82, 2.24) is 24.6 Å². The number of hydrogen-bond donors (Lipinski definition) is 0. The quantitative estimate of drug-likeness (QED) is 0.712. The van der Waals surface area contributed by atoms with Gasteiger partial charge in [-0.25, -0.2) is 4.98 Å². The largest absolute Gasteiger partial charge is 0.343 e. The molecule has 1 aliphatic heterocycles.